The lowest BCUT2D eigenvalue weighted by Crippen LogP contribution is -2.24. The Labute approximate surface area is 150 Å². The zero-order valence-corrected chi connectivity index (χ0v) is 15.8. The van der Waals surface area contributed by atoms with Crippen molar-refractivity contribution in [2.75, 3.05) is 5.32 Å². The van der Waals surface area contributed by atoms with Gasteiger partial charge in [0, 0.05) is 5.69 Å². The van der Waals surface area contributed by atoms with Crippen LogP contribution >= 0.6 is 12.2 Å². The SMILES string of the molecule is Cc1ccc(C)c(NC(=S)N/N=C\c2ccc(C(C)(C)C)cc2)c1. The minimum absolute atomic E-state index is 0.158. The third-order valence-electron chi connectivity index (χ3n) is 3.80. The Morgan fingerprint density at radius 1 is 1.04 bits per heavy atom. The lowest BCUT2D eigenvalue weighted by atomic mass is 9.87. The zero-order valence-electron chi connectivity index (χ0n) is 15.0. The molecule has 24 heavy (non-hydrogen) atoms. The van der Waals surface area contributed by atoms with E-state index < -0.39 is 0 Å². The minimum Gasteiger partial charge on any atom is -0.331 e. The molecule has 0 saturated carbocycles. The Morgan fingerprint density at radius 2 is 1.71 bits per heavy atom. The van der Waals surface area contributed by atoms with Crippen molar-refractivity contribution in [3.05, 3.63) is 64.7 Å². The molecule has 2 aromatic carbocycles. The van der Waals surface area contributed by atoms with E-state index in [0.29, 0.717) is 5.11 Å². The predicted molar refractivity (Wildman–Crippen MR) is 108 cm³/mol. The Kier molecular flexibility index (Phi) is 5.73. The van der Waals surface area contributed by atoms with E-state index in [1.807, 2.05) is 6.92 Å². The van der Waals surface area contributed by atoms with Gasteiger partial charge in [-0.1, -0.05) is 57.2 Å². The smallest absolute Gasteiger partial charge is 0.191 e. The summed E-state index contributed by atoms with van der Waals surface area (Å²) in [6.07, 6.45) is 1.77. The van der Waals surface area contributed by atoms with Crippen LogP contribution in [0.1, 0.15) is 43.0 Å². The van der Waals surface area contributed by atoms with Gasteiger partial charge in [-0.2, -0.15) is 5.10 Å². The second-order valence-corrected chi connectivity index (χ2v) is 7.42. The van der Waals surface area contributed by atoms with E-state index >= 15 is 0 Å². The van der Waals surface area contributed by atoms with Gasteiger partial charge in [-0.15, -0.1) is 0 Å². The molecule has 0 unspecified atom stereocenters. The van der Waals surface area contributed by atoms with Gasteiger partial charge in [-0.05, 0) is 59.8 Å². The molecule has 0 fully saturated rings. The number of benzene rings is 2. The van der Waals surface area contributed by atoms with Gasteiger partial charge in [-0.3, -0.25) is 5.43 Å². The molecule has 0 amide bonds. The van der Waals surface area contributed by atoms with Crippen LogP contribution in [0, 0.1) is 13.8 Å². The van der Waals surface area contributed by atoms with E-state index in [4.69, 9.17) is 12.2 Å². The van der Waals surface area contributed by atoms with Crippen molar-refractivity contribution >= 4 is 29.2 Å². The van der Waals surface area contributed by atoms with Gasteiger partial charge in [0.15, 0.2) is 5.11 Å². The van der Waals surface area contributed by atoms with E-state index in [1.54, 1.807) is 6.21 Å². The highest BCUT2D eigenvalue weighted by molar-refractivity contribution is 7.80. The van der Waals surface area contributed by atoms with Crippen molar-refractivity contribution in [3.8, 4) is 0 Å². The maximum atomic E-state index is 5.29. The number of hydrogen-bond acceptors (Lipinski definition) is 2. The summed E-state index contributed by atoms with van der Waals surface area (Å²) in [6, 6.07) is 14.6. The van der Waals surface area contributed by atoms with Crippen LogP contribution in [0.25, 0.3) is 0 Å². The average molecular weight is 340 g/mol. The number of hydrogen-bond donors (Lipinski definition) is 2. The van der Waals surface area contributed by atoms with Gasteiger partial charge in [0.2, 0.25) is 0 Å². The van der Waals surface area contributed by atoms with E-state index in [9.17, 15) is 0 Å². The first kappa shape index (κ1) is 18.1. The molecule has 2 aromatic rings. The van der Waals surface area contributed by atoms with Crippen LogP contribution in [0.15, 0.2) is 47.6 Å². The van der Waals surface area contributed by atoms with Crippen LogP contribution in [0.3, 0.4) is 0 Å². The molecule has 0 spiro atoms. The number of aryl methyl sites for hydroxylation is 2. The largest absolute Gasteiger partial charge is 0.331 e. The summed E-state index contributed by atoms with van der Waals surface area (Å²) in [4.78, 5) is 0. The van der Waals surface area contributed by atoms with Crippen LogP contribution in [-0.4, -0.2) is 11.3 Å². The summed E-state index contributed by atoms with van der Waals surface area (Å²) in [6.45, 7) is 10.7. The Bertz CT molecular complexity index is 740. The van der Waals surface area contributed by atoms with E-state index in [1.165, 1.54) is 11.1 Å². The Hall–Kier alpha value is -2.20. The highest BCUT2D eigenvalue weighted by Gasteiger charge is 2.12. The van der Waals surface area contributed by atoms with Gasteiger partial charge in [-0.25, -0.2) is 0 Å². The Balaban J connectivity index is 1.94. The summed E-state index contributed by atoms with van der Waals surface area (Å²) < 4.78 is 0. The monoisotopic (exact) mass is 339 g/mol. The van der Waals surface area contributed by atoms with E-state index in [0.717, 1.165) is 16.8 Å². The number of hydrazone groups is 1. The van der Waals surface area contributed by atoms with Crippen LogP contribution in [0.5, 0.6) is 0 Å². The molecule has 0 saturated heterocycles. The summed E-state index contributed by atoms with van der Waals surface area (Å²) in [5.41, 5.74) is 8.69. The van der Waals surface area contributed by atoms with Gasteiger partial charge in [0.1, 0.15) is 0 Å². The molecule has 2 rings (SSSR count). The van der Waals surface area contributed by atoms with Crippen LogP contribution in [0.2, 0.25) is 0 Å². The van der Waals surface area contributed by atoms with Crippen molar-refractivity contribution in [2.45, 2.75) is 40.0 Å². The van der Waals surface area contributed by atoms with Crippen LogP contribution in [0.4, 0.5) is 5.69 Å². The summed E-state index contributed by atoms with van der Waals surface area (Å²) in [5, 5.41) is 7.85. The molecule has 0 aliphatic heterocycles. The molecular weight excluding hydrogens is 314 g/mol. The number of anilines is 1. The first-order chi connectivity index (χ1) is 11.3. The van der Waals surface area contributed by atoms with Crippen LogP contribution in [-0.2, 0) is 5.41 Å². The second kappa shape index (κ2) is 7.58. The lowest BCUT2D eigenvalue weighted by Gasteiger charge is -2.18. The molecule has 3 nitrogen and oxygen atoms in total. The molecule has 126 valence electrons. The number of nitrogens with zero attached hydrogens (tertiary/aromatic N) is 1. The quantitative estimate of drug-likeness (QED) is 0.473. The molecule has 2 N–H and O–H groups in total. The molecular formula is C20H25N3S. The maximum absolute atomic E-state index is 5.29. The van der Waals surface area contributed by atoms with Crippen molar-refractivity contribution in [3.63, 3.8) is 0 Å². The van der Waals surface area contributed by atoms with Crippen molar-refractivity contribution in [1.82, 2.24) is 5.43 Å². The van der Waals surface area contributed by atoms with Crippen LogP contribution < -0.4 is 10.7 Å². The standard InChI is InChI=1S/C20H25N3S/c1-14-6-7-15(2)18(12-14)22-19(24)23-21-13-16-8-10-17(11-9-16)20(3,4)5/h6-13H,1-5H3,(H2,22,23,24)/b21-13-. The van der Waals surface area contributed by atoms with Gasteiger partial charge in [0.25, 0.3) is 0 Å². The van der Waals surface area contributed by atoms with Crippen molar-refractivity contribution in [1.29, 1.82) is 0 Å². The summed E-state index contributed by atoms with van der Waals surface area (Å²) in [5.74, 6) is 0. The van der Waals surface area contributed by atoms with Gasteiger partial charge in [0.05, 0.1) is 6.21 Å². The third kappa shape index (κ3) is 5.17. The average Bonchev–Trinajstić information content (AvgIpc) is 2.50. The normalized spacial score (nSPS) is 11.5. The second-order valence-electron chi connectivity index (χ2n) is 7.01. The maximum Gasteiger partial charge on any atom is 0.191 e. The topological polar surface area (TPSA) is 36.4 Å². The van der Waals surface area contributed by atoms with Crippen molar-refractivity contribution < 1.29 is 0 Å². The fourth-order valence-electron chi connectivity index (χ4n) is 2.26. The highest BCUT2D eigenvalue weighted by Crippen LogP contribution is 2.21. The Morgan fingerprint density at radius 3 is 2.33 bits per heavy atom. The molecule has 0 heterocycles. The molecule has 0 aliphatic carbocycles. The predicted octanol–water partition coefficient (Wildman–Crippen LogP) is 4.92. The van der Waals surface area contributed by atoms with Gasteiger partial charge >= 0.3 is 0 Å². The highest BCUT2D eigenvalue weighted by atomic mass is 32.1. The number of nitrogens with one attached hydrogen (secondary N) is 2. The summed E-state index contributed by atoms with van der Waals surface area (Å²) >= 11 is 5.29. The zero-order chi connectivity index (χ0) is 17.7. The third-order valence-corrected chi connectivity index (χ3v) is 3.99. The lowest BCUT2D eigenvalue weighted by molar-refractivity contribution is 0.590. The number of rotatable bonds is 3. The van der Waals surface area contributed by atoms with E-state index in [-0.39, 0.29) is 5.41 Å². The molecule has 0 bridgehead atoms. The minimum atomic E-state index is 0.158. The van der Waals surface area contributed by atoms with Gasteiger partial charge < -0.3 is 5.32 Å². The first-order valence-corrected chi connectivity index (χ1v) is 8.44. The van der Waals surface area contributed by atoms with Crippen molar-refractivity contribution in [2.24, 2.45) is 5.10 Å². The van der Waals surface area contributed by atoms with E-state index in [2.05, 4.69) is 86.0 Å². The molecule has 0 aliphatic rings. The fraction of sp³-hybridized carbons (Fsp3) is 0.300. The fourth-order valence-corrected chi connectivity index (χ4v) is 2.42. The molecule has 4 heteroatoms. The molecule has 0 atom stereocenters. The molecule has 0 aromatic heterocycles. The molecule has 0 radical (unpaired) electrons. The number of thiocarbonyl (C=S) groups is 1. The first-order valence-electron chi connectivity index (χ1n) is 8.03. The summed E-state index contributed by atoms with van der Waals surface area (Å²) in [7, 11) is 0.